The van der Waals surface area contributed by atoms with E-state index in [-0.39, 0.29) is 11.4 Å². The minimum absolute atomic E-state index is 0.0113. The van der Waals surface area contributed by atoms with Gasteiger partial charge in [0.05, 0.1) is 15.6 Å². The molecule has 0 atom stereocenters. The van der Waals surface area contributed by atoms with Gasteiger partial charge in [0, 0.05) is 26.2 Å². The molecule has 25 heavy (non-hydrogen) atoms. The highest BCUT2D eigenvalue weighted by atomic mass is 79.9. The fourth-order valence-corrected chi connectivity index (χ4v) is 2.48. The molecule has 1 N–H and O–H groups in total. The van der Waals surface area contributed by atoms with E-state index in [0.29, 0.717) is 11.6 Å². The van der Waals surface area contributed by atoms with E-state index in [4.69, 9.17) is 9.15 Å². The average Bonchev–Trinajstić information content (AvgIpc) is 2.94. The number of carbonyl (C=O) groups excluding carboxylic acids is 1. The summed E-state index contributed by atoms with van der Waals surface area (Å²) in [6, 6.07) is 7.50. The summed E-state index contributed by atoms with van der Waals surface area (Å²) in [6.45, 7) is -0.410. The van der Waals surface area contributed by atoms with E-state index >= 15 is 0 Å². The third kappa shape index (κ3) is 5.05. The lowest BCUT2D eigenvalue weighted by atomic mass is 10.3. The van der Waals surface area contributed by atoms with Crippen LogP contribution in [0.2, 0.25) is 0 Å². The molecule has 132 valence electrons. The molecular weight excluding hydrogens is 396 g/mol. The molecule has 1 aromatic heterocycles. The smallest absolute Gasteiger partial charge is 0.310 e. The van der Waals surface area contributed by atoms with Crippen molar-refractivity contribution in [2.24, 2.45) is 5.10 Å². The van der Waals surface area contributed by atoms with Gasteiger partial charge in [-0.15, -0.1) is 0 Å². The van der Waals surface area contributed by atoms with Crippen molar-refractivity contribution in [2.45, 2.75) is 0 Å². The number of nitro groups is 1. The molecule has 0 fully saturated rings. The van der Waals surface area contributed by atoms with Gasteiger partial charge >= 0.3 is 5.69 Å². The van der Waals surface area contributed by atoms with Crippen molar-refractivity contribution >= 4 is 39.6 Å². The van der Waals surface area contributed by atoms with Crippen LogP contribution in [0.1, 0.15) is 5.76 Å². The molecule has 10 heteroatoms. The number of furan rings is 1. The lowest BCUT2D eigenvalue weighted by Crippen LogP contribution is -2.24. The molecule has 0 unspecified atom stereocenters. The molecule has 2 rings (SSSR count). The average molecular weight is 411 g/mol. The van der Waals surface area contributed by atoms with Crippen molar-refractivity contribution in [3.63, 3.8) is 0 Å². The molecule has 1 amide bonds. The Kier molecular flexibility index (Phi) is 6.12. The summed E-state index contributed by atoms with van der Waals surface area (Å²) in [7, 11) is 3.65. The lowest BCUT2D eigenvalue weighted by Gasteiger charge is -2.07. The Hall–Kier alpha value is -2.88. The van der Waals surface area contributed by atoms with Crippen LogP contribution in [0.4, 0.5) is 11.6 Å². The largest absolute Gasteiger partial charge is 0.477 e. The van der Waals surface area contributed by atoms with Gasteiger partial charge in [-0.2, -0.15) is 5.10 Å². The van der Waals surface area contributed by atoms with E-state index in [1.165, 1.54) is 24.4 Å². The molecule has 0 bridgehead atoms. The molecule has 0 saturated carbocycles. The standard InChI is InChI=1S/C15H15BrN4O5/c1-19(2)15-11(16)7-10(25-15)8-17-18-14(21)9-24-13-6-4-3-5-12(13)20(22)23/h3-8H,9H2,1-2H3,(H,18,21). The molecule has 0 aliphatic carbocycles. The summed E-state index contributed by atoms with van der Waals surface area (Å²) < 4.78 is 11.4. The van der Waals surface area contributed by atoms with Crippen LogP contribution in [0.3, 0.4) is 0 Å². The first-order valence-electron chi connectivity index (χ1n) is 7.03. The molecule has 0 aliphatic rings. The predicted molar refractivity (Wildman–Crippen MR) is 95.1 cm³/mol. The van der Waals surface area contributed by atoms with Crippen LogP contribution in [-0.4, -0.2) is 37.7 Å². The molecule has 1 heterocycles. The second-order valence-electron chi connectivity index (χ2n) is 5.00. The van der Waals surface area contributed by atoms with Crippen LogP contribution in [0.25, 0.3) is 0 Å². The number of nitro benzene ring substituents is 1. The number of hydrazone groups is 1. The minimum Gasteiger partial charge on any atom is -0.477 e. The first-order valence-corrected chi connectivity index (χ1v) is 7.82. The maximum absolute atomic E-state index is 11.7. The van der Waals surface area contributed by atoms with Gasteiger partial charge in [-0.3, -0.25) is 14.9 Å². The van der Waals surface area contributed by atoms with Gasteiger partial charge in [0.2, 0.25) is 5.88 Å². The number of anilines is 1. The highest BCUT2D eigenvalue weighted by molar-refractivity contribution is 9.10. The number of nitrogens with zero attached hydrogens (tertiary/aromatic N) is 3. The number of halogens is 1. The Balaban J connectivity index is 1.89. The second-order valence-corrected chi connectivity index (χ2v) is 5.86. The molecule has 2 aromatic rings. The second kappa shape index (κ2) is 8.29. The lowest BCUT2D eigenvalue weighted by molar-refractivity contribution is -0.385. The Morgan fingerprint density at radius 1 is 1.48 bits per heavy atom. The van der Waals surface area contributed by atoms with Gasteiger partial charge in [-0.1, -0.05) is 12.1 Å². The number of benzene rings is 1. The summed E-state index contributed by atoms with van der Waals surface area (Å²) >= 11 is 3.35. The quantitative estimate of drug-likeness (QED) is 0.426. The van der Waals surface area contributed by atoms with Crippen molar-refractivity contribution in [1.82, 2.24) is 5.43 Å². The zero-order valence-corrected chi connectivity index (χ0v) is 15.0. The Labute approximate surface area is 151 Å². The fourth-order valence-electron chi connectivity index (χ4n) is 1.82. The number of carbonyl (C=O) groups is 1. The highest BCUT2D eigenvalue weighted by Gasteiger charge is 2.14. The molecule has 9 nitrogen and oxygen atoms in total. The van der Waals surface area contributed by atoms with Crippen LogP contribution >= 0.6 is 15.9 Å². The van der Waals surface area contributed by atoms with E-state index in [1.807, 2.05) is 14.1 Å². The van der Waals surface area contributed by atoms with Crippen molar-refractivity contribution in [3.8, 4) is 5.75 Å². The summed E-state index contributed by atoms with van der Waals surface area (Å²) in [5.74, 6) is 0.507. The van der Waals surface area contributed by atoms with Crippen LogP contribution < -0.4 is 15.1 Å². The van der Waals surface area contributed by atoms with Crippen molar-refractivity contribution < 1.29 is 18.9 Å². The molecule has 0 radical (unpaired) electrons. The highest BCUT2D eigenvalue weighted by Crippen LogP contribution is 2.28. The zero-order valence-electron chi connectivity index (χ0n) is 13.4. The molecular formula is C15H15BrN4O5. The number of ether oxygens (including phenoxy) is 1. The maximum atomic E-state index is 11.7. The van der Waals surface area contributed by atoms with Gasteiger partial charge in [0.1, 0.15) is 0 Å². The first kappa shape index (κ1) is 18.5. The van der Waals surface area contributed by atoms with Gasteiger partial charge in [0.25, 0.3) is 5.91 Å². The summed E-state index contributed by atoms with van der Waals surface area (Å²) in [4.78, 5) is 23.8. The number of amides is 1. The molecule has 0 aliphatic heterocycles. The predicted octanol–water partition coefficient (Wildman–Crippen LogP) is 2.55. The summed E-state index contributed by atoms with van der Waals surface area (Å²) in [5.41, 5.74) is 2.04. The van der Waals surface area contributed by atoms with Gasteiger partial charge in [-0.05, 0) is 22.0 Å². The number of hydrogen-bond donors (Lipinski definition) is 1. The Morgan fingerprint density at radius 3 is 2.84 bits per heavy atom. The van der Waals surface area contributed by atoms with E-state index in [2.05, 4.69) is 26.5 Å². The normalized spacial score (nSPS) is 10.7. The number of para-hydroxylation sites is 2. The van der Waals surface area contributed by atoms with Crippen LogP contribution in [0, 0.1) is 10.1 Å². The van der Waals surface area contributed by atoms with E-state index < -0.39 is 17.4 Å². The molecule has 0 spiro atoms. The monoisotopic (exact) mass is 410 g/mol. The summed E-state index contributed by atoms with van der Waals surface area (Å²) in [6.07, 6.45) is 1.33. The van der Waals surface area contributed by atoms with Crippen LogP contribution in [0.15, 0.2) is 44.3 Å². The van der Waals surface area contributed by atoms with Gasteiger partial charge < -0.3 is 14.1 Å². The maximum Gasteiger partial charge on any atom is 0.310 e. The van der Waals surface area contributed by atoms with Gasteiger partial charge in [-0.25, -0.2) is 5.43 Å². The molecule has 0 saturated heterocycles. The van der Waals surface area contributed by atoms with E-state index in [9.17, 15) is 14.9 Å². The van der Waals surface area contributed by atoms with Crippen molar-refractivity contribution in [3.05, 3.63) is 50.7 Å². The number of hydrogen-bond acceptors (Lipinski definition) is 7. The van der Waals surface area contributed by atoms with Crippen molar-refractivity contribution in [1.29, 1.82) is 0 Å². The molecule has 1 aromatic carbocycles. The zero-order chi connectivity index (χ0) is 18.4. The fraction of sp³-hybridized carbons (Fsp3) is 0.200. The topological polar surface area (TPSA) is 110 Å². The third-order valence-corrected chi connectivity index (χ3v) is 3.46. The van der Waals surface area contributed by atoms with Crippen LogP contribution in [-0.2, 0) is 4.79 Å². The van der Waals surface area contributed by atoms with E-state index in [1.54, 1.807) is 17.0 Å². The third-order valence-electron chi connectivity index (χ3n) is 2.90. The Bertz CT molecular complexity index is 803. The van der Waals surface area contributed by atoms with Crippen molar-refractivity contribution in [2.75, 3.05) is 25.6 Å². The van der Waals surface area contributed by atoms with Gasteiger partial charge in [0.15, 0.2) is 18.1 Å². The summed E-state index contributed by atoms with van der Waals surface area (Å²) in [5, 5.41) is 14.6. The number of rotatable bonds is 7. The first-order chi connectivity index (χ1) is 11.9. The van der Waals surface area contributed by atoms with Crippen LogP contribution in [0.5, 0.6) is 5.75 Å². The minimum atomic E-state index is -0.581. The SMILES string of the molecule is CN(C)c1oc(C=NNC(=O)COc2ccccc2[N+](=O)[O-])cc1Br. The Morgan fingerprint density at radius 2 is 2.20 bits per heavy atom. The number of nitrogens with one attached hydrogen (secondary N) is 1. The van der Waals surface area contributed by atoms with E-state index in [0.717, 1.165) is 4.47 Å².